The molecule has 0 aliphatic rings. The van der Waals surface area contributed by atoms with E-state index in [1.165, 1.54) is 0 Å². The van der Waals surface area contributed by atoms with Gasteiger partial charge in [0, 0.05) is 29.7 Å². The van der Waals surface area contributed by atoms with Gasteiger partial charge in [-0.1, -0.05) is 6.07 Å². The Hall–Kier alpha value is -4.11. The summed E-state index contributed by atoms with van der Waals surface area (Å²) in [6.07, 6.45) is 4.75. The fourth-order valence-electron chi connectivity index (χ4n) is 3.52. The van der Waals surface area contributed by atoms with Gasteiger partial charge in [0.2, 0.25) is 5.95 Å². The molecule has 0 saturated heterocycles. The number of aliphatic carboxylic acids is 1. The van der Waals surface area contributed by atoms with Crippen LogP contribution in [0.3, 0.4) is 0 Å². The maximum atomic E-state index is 13.1. The second kappa shape index (κ2) is 8.79. The molecule has 0 aliphatic heterocycles. The van der Waals surface area contributed by atoms with Crippen LogP contribution in [-0.2, 0) is 17.8 Å². The van der Waals surface area contributed by atoms with Gasteiger partial charge in [0.25, 0.3) is 5.91 Å². The van der Waals surface area contributed by atoms with Crippen LogP contribution in [0, 0.1) is 0 Å². The van der Waals surface area contributed by atoms with Crippen LogP contribution in [0.4, 0.5) is 5.95 Å². The minimum Gasteiger partial charge on any atom is -0.481 e. The second-order valence-electron chi connectivity index (χ2n) is 8.35. The molecule has 0 fully saturated rings. The standard InChI is InChI=1S/C24H23N5O4/c1-24(2,33)14-29-20-6-5-15(11-21(30)31)10-19(20)27-23(29)28-22(32)16-7-9-26-18(12-16)17-4-3-8-25-13-17/h3-10,12-13,33H,11,14H2,1-2H3,(H,30,31)(H,27,28,32). The average Bonchev–Trinajstić information content (AvgIpc) is 3.08. The van der Waals surface area contributed by atoms with E-state index in [0.717, 1.165) is 5.56 Å². The maximum absolute atomic E-state index is 13.1. The molecular formula is C24H23N5O4. The summed E-state index contributed by atoms with van der Waals surface area (Å²) in [7, 11) is 0. The highest BCUT2D eigenvalue weighted by Gasteiger charge is 2.21. The molecule has 0 radical (unpaired) electrons. The van der Waals surface area contributed by atoms with Crippen LogP contribution in [0.5, 0.6) is 0 Å². The van der Waals surface area contributed by atoms with Gasteiger partial charge in [-0.2, -0.15) is 0 Å². The van der Waals surface area contributed by atoms with Crippen molar-refractivity contribution in [3.8, 4) is 11.3 Å². The number of hydrogen-bond acceptors (Lipinski definition) is 6. The topological polar surface area (TPSA) is 130 Å². The monoisotopic (exact) mass is 445 g/mol. The molecule has 0 saturated carbocycles. The van der Waals surface area contributed by atoms with Crippen LogP contribution in [0.25, 0.3) is 22.3 Å². The molecule has 4 aromatic rings. The molecule has 3 aromatic heterocycles. The molecule has 0 atom stereocenters. The van der Waals surface area contributed by atoms with Crippen molar-refractivity contribution in [2.45, 2.75) is 32.4 Å². The summed E-state index contributed by atoms with van der Waals surface area (Å²) in [6, 6.07) is 12.0. The summed E-state index contributed by atoms with van der Waals surface area (Å²) in [5.41, 5.74) is 2.50. The van der Waals surface area contributed by atoms with E-state index in [0.29, 0.717) is 27.9 Å². The number of fused-ring (bicyclic) bond motifs is 1. The van der Waals surface area contributed by atoms with E-state index in [4.69, 9.17) is 5.11 Å². The first-order valence-electron chi connectivity index (χ1n) is 10.3. The predicted molar refractivity (Wildman–Crippen MR) is 123 cm³/mol. The van der Waals surface area contributed by atoms with Crippen molar-refractivity contribution in [1.82, 2.24) is 19.5 Å². The van der Waals surface area contributed by atoms with Crippen molar-refractivity contribution in [2.75, 3.05) is 5.32 Å². The highest BCUT2D eigenvalue weighted by molar-refractivity contribution is 6.04. The van der Waals surface area contributed by atoms with Crippen LogP contribution in [0.2, 0.25) is 0 Å². The molecule has 0 aliphatic carbocycles. The van der Waals surface area contributed by atoms with Gasteiger partial charge in [0.1, 0.15) is 0 Å². The van der Waals surface area contributed by atoms with Crippen LogP contribution in [0.1, 0.15) is 29.8 Å². The Balaban J connectivity index is 1.69. The first-order chi connectivity index (χ1) is 15.7. The molecule has 1 aromatic carbocycles. The second-order valence-corrected chi connectivity index (χ2v) is 8.35. The lowest BCUT2D eigenvalue weighted by Gasteiger charge is -2.20. The zero-order valence-electron chi connectivity index (χ0n) is 18.2. The molecule has 4 rings (SSSR count). The fourth-order valence-corrected chi connectivity index (χ4v) is 3.52. The van der Waals surface area contributed by atoms with E-state index in [1.54, 1.807) is 73.4 Å². The van der Waals surface area contributed by atoms with E-state index in [9.17, 15) is 14.7 Å². The molecule has 9 nitrogen and oxygen atoms in total. The number of anilines is 1. The number of benzene rings is 1. The third kappa shape index (κ3) is 5.21. The van der Waals surface area contributed by atoms with Crippen molar-refractivity contribution in [2.24, 2.45) is 0 Å². The molecule has 9 heteroatoms. The van der Waals surface area contributed by atoms with Crippen molar-refractivity contribution >= 4 is 28.9 Å². The van der Waals surface area contributed by atoms with Gasteiger partial charge >= 0.3 is 5.97 Å². The fraction of sp³-hybridized carbons (Fsp3) is 0.208. The average molecular weight is 445 g/mol. The van der Waals surface area contributed by atoms with E-state index >= 15 is 0 Å². The summed E-state index contributed by atoms with van der Waals surface area (Å²) in [4.78, 5) is 37.0. The number of amides is 1. The first-order valence-corrected chi connectivity index (χ1v) is 10.3. The molecule has 3 heterocycles. The lowest BCUT2D eigenvalue weighted by Crippen LogP contribution is -2.27. The Morgan fingerprint density at radius 1 is 1.12 bits per heavy atom. The van der Waals surface area contributed by atoms with Crippen LogP contribution < -0.4 is 5.32 Å². The number of imidazole rings is 1. The van der Waals surface area contributed by atoms with Crippen molar-refractivity contribution in [3.05, 3.63) is 72.2 Å². The number of rotatable bonds is 7. The summed E-state index contributed by atoms with van der Waals surface area (Å²) in [5, 5.41) is 22.3. The molecule has 0 bridgehead atoms. The zero-order chi connectivity index (χ0) is 23.6. The number of hydrogen-bond donors (Lipinski definition) is 3. The summed E-state index contributed by atoms with van der Waals surface area (Å²) in [6.45, 7) is 3.49. The Morgan fingerprint density at radius 2 is 1.94 bits per heavy atom. The van der Waals surface area contributed by atoms with E-state index < -0.39 is 11.6 Å². The Bertz CT molecular complexity index is 1330. The highest BCUT2D eigenvalue weighted by atomic mass is 16.4. The Labute approximate surface area is 189 Å². The van der Waals surface area contributed by atoms with Crippen molar-refractivity contribution in [1.29, 1.82) is 0 Å². The molecule has 0 unspecified atom stereocenters. The maximum Gasteiger partial charge on any atom is 0.307 e. The molecule has 168 valence electrons. The third-order valence-electron chi connectivity index (χ3n) is 4.92. The van der Waals surface area contributed by atoms with E-state index in [2.05, 4.69) is 20.3 Å². The Kier molecular flexibility index (Phi) is 5.89. The smallest absolute Gasteiger partial charge is 0.307 e. The quantitative estimate of drug-likeness (QED) is 0.398. The van der Waals surface area contributed by atoms with Gasteiger partial charge < -0.3 is 14.8 Å². The van der Waals surface area contributed by atoms with Crippen molar-refractivity contribution in [3.63, 3.8) is 0 Å². The number of carbonyl (C=O) groups excluding carboxylic acids is 1. The SMILES string of the molecule is CC(C)(O)Cn1c(NC(=O)c2ccnc(-c3cccnc3)c2)nc2cc(CC(=O)O)ccc21. The summed E-state index contributed by atoms with van der Waals surface area (Å²) in [5.74, 6) is -1.08. The van der Waals surface area contributed by atoms with Gasteiger partial charge in [-0.15, -0.1) is 0 Å². The van der Waals surface area contributed by atoms with Crippen LogP contribution >= 0.6 is 0 Å². The number of carbonyl (C=O) groups is 2. The van der Waals surface area contributed by atoms with Gasteiger partial charge in [-0.25, -0.2) is 4.98 Å². The largest absolute Gasteiger partial charge is 0.481 e. The molecule has 33 heavy (non-hydrogen) atoms. The van der Waals surface area contributed by atoms with Gasteiger partial charge in [-0.05, 0) is 55.8 Å². The normalized spacial score (nSPS) is 11.5. The number of carboxylic acid groups (broad SMARTS) is 1. The minimum atomic E-state index is -1.07. The lowest BCUT2D eigenvalue weighted by atomic mass is 10.1. The summed E-state index contributed by atoms with van der Waals surface area (Å²) < 4.78 is 1.71. The molecular weight excluding hydrogens is 422 g/mol. The van der Waals surface area contributed by atoms with Crippen LogP contribution in [0.15, 0.2) is 61.1 Å². The Morgan fingerprint density at radius 3 is 2.64 bits per heavy atom. The van der Waals surface area contributed by atoms with Gasteiger partial charge in [-0.3, -0.25) is 24.9 Å². The number of nitrogens with zero attached hydrogens (tertiary/aromatic N) is 4. The number of carboxylic acids is 1. The third-order valence-corrected chi connectivity index (χ3v) is 4.92. The van der Waals surface area contributed by atoms with Gasteiger partial charge in [0.15, 0.2) is 0 Å². The first kappa shape index (κ1) is 22.1. The van der Waals surface area contributed by atoms with E-state index in [-0.39, 0.29) is 24.8 Å². The number of aromatic nitrogens is 4. The predicted octanol–water partition coefficient (Wildman–Crippen LogP) is 3.14. The number of nitrogens with one attached hydrogen (secondary N) is 1. The number of aliphatic hydroxyl groups is 1. The van der Waals surface area contributed by atoms with Crippen molar-refractivity contribution < 1.29 is 19.8 Å². The van der Waals surface area contributed by atoms with E-state index in [1.807, 2.05) is 6.07 Å². The van der Waals surface area contributed by atoms with Crippen LogP contribution in [-0.4, -0.2) is 47.2 Å². The molecule has 3 N–H and O–H groups in total. The molecule has 1 amide bonds. The minimum absolute atomic E-state index is 0.135. The molecule has 0 spiro atoms. The highest BCUT2D eigenvalue weighted by Crippen LogP contribution is 2.25. The summed E-state index contributed by atoms with van der Waals surface area (Å²) >= 11 is 0. The zero-order valence-corrected chi connectivity index (χ0v) is 18.2. The lowest BCUT2D eigenvalue weighted by molar-refractivity contribution is -0.136. The number of pyridine rings is 2. The van der Waals surface area contributed by atoms with Gasteiger partial charge in [0.05, 0.1) is 35.3 Å².